The molecule has 4 heterocycles. The number of nitrogens with zero attached hydrogens (tertiary/aromatic N) is 2. The summed E-state index contributed by atoms with van der Waals surface area (Å²) in [5.74, 6) is -2.64. The Labute approximate surface area is 348 Å². The van der Waals surface area contributed by atoms with Gasteiger partial charge in [0.2, 0.25) is 0 Å². The molecule has 6 N–H and O–H groups in total. The largest absolute Gasteiger partial charge is 0.459 e. The van der Waals surface area contributed by atoms with E-state index in [0.29, 0.717) is 19.5 Å². The monoisotopic (exact) mass is 832 g/mol. The fourth-order valence-corrected chi connectivity index (χ4v) is 10.2. The molecule has 58 heavy (non-hydrogen) atoms. The summed E-state index contributed by atoms with van der Waals surface area (Å²) in [6.07, 6.45) is -4.20. The number of likely N-dealkylation sites (N-methyl/N-ethyl adjacent to an activating group) is 1. The molecule has 15 heteroatoms. The first-order valence-corrected chi connectivity index (χ1v) is 21.9. The number of likely N-dealkylation sites (tertiary alicyclic amines) is 1. The van der Waals surface area contributed by atoms with Crippen LogP contribution in [-0.2, 0) is 33.2 Å². The normalized spacial score (nSPS) is 48.6. The second-order valence-electron chi connectivity index (χ2n) is 19.4. The van der Waals surface area contributed by atoms with Crippen LogP contribution in [0, 0.1) is 17.8 Å². The second-order valence-corrected chi connectivity index (χ2v) is 19.4. The average Bonchev–Trinajstić information content (AvgIpc) is 3.15. The van der Waals surface area contributed by atoms with Crippen LogP contribution in [0.5, 0.6) is 0 Å². The van der Waals surface area contributed by atoms with Crippen LogP contribution < -0.4 is 5.32 Å². The molecule has 340 valence electrons. The predicted octanol–water partition coefficient (Wildman–Crippen LogP) is 2.41. The maximum atomic E-state index is 14.4. The molecule has 4 rings (SSSR count). The van der Waals surface area contributed by atoms with Gasteiger partial charge in [-0.15, -0.1) is 0 Å². The number of hydrogen-bond acceptors (Lipinski definition) is 15. The third-order valence-electron chi connectivity index (χ3n) is 14.1. The molecule has 4 aliphatic heterocycles. The molecule has 0 aromatic carbocycles. The van der Waals surface area contributed by atoms with Crippen LogP contribution >= 0.6 is 0 Å². The smallest absolute Gasteiger partial charge is 0.311 e. The van der Waals surface area contributed by atoms with Crippen molar-refractivity contribution in [1.82, 2.24) is 15.1 Å². The highest BCUT2D eigenvalue weighted by Gasteiger charge is 2.59. The first-order chi connectivity index (χ1) is 26.9. The lowest BCUT2D eigenvalue weighted by Gasteiger charge is -2.55. The van der Waals surface area contributed by atoms with Crippen molar-refractivity contribution in [3.8, 4) is 0 Å². The molecule has 0 aliphatic carbocycles. The molecule has 4 fully saturated rings. The number of piperidine rings is 1. The van der Waals surface area contributed by atoms with Gasteiger partial charge in [0.05, 0.1) is 35.9 Å². The highest BCUT2D eigenvalue weighted by molar-refractivity contribution is 5.73. The highest BCUT2D eigenvalue weighted by atomic mass is 16.7. The zero-order chi connectivity index (χ0) is 43.5. The molecule has 0 radical (unpaired) electrons. The number of rotatable bonds is 9. The Morgan fingerprint density at radius 2 is 1.57 bits per heavy atom. The third-order valence-corrected chi connectivity index (χ3v) is 14.1. The van der Waals surface area contributed by atoms with Gasteiger partial charge in [0.1, 0.15) is 35.1 Å². The number of aliphatic hydroxyl groups excluding tert-OH is 2. The lowest BCUT2D eigenvalue weighted by Crippen LogP contribution is -2.70. The Morgan fingerprint density at radius 3 is 2.16 bits per heavy atom. The van der Waals surface area contributed by atoms with Crippen LogP contribution in [0.25, 0.3) is 0 Å². The van der Waals surface area contributed by atoms with Crippen molar-refractivity contribution in [3.05, 3.63) is 0 Å². The van der Waals surface area contributed by atoms with Crippen molar-refractivity contribution in [2.45, 2.75) is 204 Å². The van der Waals surface area contributed by atoms with E-state index in [4.69, 9.17) is 28.4 Å². The Hall–Kier alpha value is -1.05. The van der Waals surface area contributed by atoms with Gasteiger partial charge < -0.3 is 69.1 Å². The minimum absolute atomic E-state index is 0.122. The molecular formula is C43H81N3O12. The lowest BCUT2D eigenvalue weighted by molar-refractivity contribution is -0.339. The van der Waals surface area contributed by atoms with Gasteiger partial charge in [0.15, 0.2) is 12.6 Å². The Morgan fingerprint density at radius 1 is 0.931 bits per heavy atom. The van der Waals surface area contributed by atoms with Gasteiger partial charge in [-0.05, 0) is 120 Å². The molecule has 0 saturated carbocycles. The van der Waals surface area contributed by atoms with Crippen LogP contribution in [0.3, 0.4) is 0 Å². The summed E-state index contributed by atoms with van der Waals surface area (Å²) in [4.78, 5) is 18.6. The van der Waals surface area contributed by atoms with Crippen LogP contribution in [0.15, 0.2) is 0 Å². The molecule has 18 atom stereocenters. The first-order valence-electron chi connectivity index (χ1n) is 21.9. The summed E-state index contributed by atoms with van der Waals surface area (Å²) in [7, 11) is 5.36. The van der Waals surface area contributed by atoms with Crippen LogP contribution in [0.4, 0.5) is 0 Å². The van der Waals surface area contributed by atoms with Gasteiger partial charge in [0, 0.05) is 38.1 Å². The van der Waals surface area contributed by atoms with Crippen molar-refractivity contribution >= 4 is 5.97 Å². The quantitative estimate of drug-likeness (QED) is 0.186. The molecular weight excluding hydrogens is 750 g/mol. The average molecular weight is 832 g/mol. The van der Waals surface area contributed by atoms with Crippen LogP contribution in [-0.4, -0.2) is 178 Å². The Bertz CT molecular complexity index is 1300. The number of esters is 1. The summed E-state index contributed by atoms with van der Waals surface area (Å²) < 4.78 is 38.7. The maximum Gasteiger partial charge on any atom is 0.311 e. The van der Waals surface area contributed by atoms with E-state index >= 15 is 0 Å². The van der Waals surface area contributed by atoms with Gasteiger partial charge in [0.25, 0.3) is 0 Å². The number of carbonyl (C=O) groups excluding carboxylic acids is 1. The maximum absolute atomic E-state index is 14.4. The summed E-state index contributed by atoms with van der Waals surface area (Å²) in [6, 6.07) is -0.872. The number of hydrogen-bond donors (Lipinski definition) is 6. The summed E-state index contributed by atoms with van der Waals surface area (Å²) in [5.41, 5.74) is -5.88. The van der Waals surface area contributed by atoms with E-state index in [1.165, 1.54) is 6.92 Å². The van der Waals surface area contributed by atoms with E-state index in [-0.39, 0.29) is 37.3 Å². The van der Waals surface area contributed by atoms with Gasteiger partial charge in [-0.2, -0.15) is 0 Å². The summed E-state index contributed by atoms with van der Waals surface area (Å²) in [5, 5.41) is 63.0. The van der Waals surface area contributed by atoms with E-state index < -0.39 is 95.5 Å². The third kappa shape index (κ3) is 10.9. The minimum Gasteiger partial charge on any atom is -0.459 e. The topological polar surface area (TPSA) is 192 Å². The number of cyclic esters (lactones) is 1. The van der Waals surface area contributed by atoms with Crippen LogP contribution in [0.2, 0.25) is 0 Å². The second kappa shape index (κ2) is 20.0. The molecule has 4 aliphatic rings. The lowest BCUT2D eigenvalue weighted by atomic mass is 9.74. The van der Waals surface area contributed by atoms with Gasteiger partial charge in [-0.3, -0.25) is 4.79 Å². The number of aliphatic hydroxyl groups is 5. The van der Waals surface area contributed by atoms with E-state index in [9.17, 15) is 30.3 Å². The molecule has 15 nitrogen and oxygen atoms in total. The van der Waals surface area contributed by atoms with Crippen molar-refractivity contribution in [3.63, 3.8) is 0 Å². The minimum atomic E-state index is -1.81. The first kappa shape index (κ1) is 49.6. The van der Waals surface area contributed by atoms with E-state index in [0.717, 1.165) is 32.4 Å². The van der Waals surface area contributed by atoms with E-state index in [1.54, 1.807) is 34.8 Å². The molecule has 0 aromatic heterocycles. The predicted molar refractivity (Wildman–Crippen MR) is 219 cm³/mol. The van der Waals surface area contributed by atoms with Crippen molar-refractivity contribution < 1.29 is 58.7 Å². The zero-order valence-electron chi connectivity index (χ0n) is 37.8. The number of β-amino-alcohol motifs (C(OH)–C–C–N with tert-alkyl or cyclic N) is 1. The number of methoxy groups -OCH3 is 1. The Kier molecular flexibility index (Phi) is 17.1. The van der Waals surface area contributed by atoms with Crippen LogP contribution in [0.1, 0.15) is 114 Å². The van der Waals surface area contributed by atoms with Crippen molar-refractivity contribution in [2.75, 3.05) is 47.4 Å². The number of carbonyl (C=O) groups is 1. The molecule has 4 saturated heterocycles. The molecule has 0 amide bonds. The van der Waals surface area contributed by atoms with Crippen molar-refractivity contribution in [1.29, 1.82) is 0 Å². The van der Waals surface area contributed by atoms with Crippen molar-refractivity contribution in [2.24, 2.45) is 17.8 Å². The summed E-state index contributed by atoms with van der Waals surface area (Å²) in [6.45, 7) is 20.3. The molecule has 0 spiro atoms. The fourth-order valence-electron chi connectivity index (χ4n) is 10.2. The number of ether oxygens (including phenoxy) is 6. The fraction of sp³-hybridized carbons (Fsp3) is 0.977. The van der Waals surface area contributed by atoms with E-state index in [2.05, 4.69) is 10.2 Å². The SMILES string of the molecule is CC[C@H]1OC(=O)[C@H](C)[C@@H](O[C@H]2C[C@@](C)(OC)[C@@](O)(CN3CCCCC3)[C@H](C)O2)[C@H](C)[C@@H](O[C@@H]2O[C@H](C)C[C@H](N(C)C)[C@H]2O)[C@](C)(O)C[C@@H](C)CN[C@H](C)[C@@H](O)[C@]1(C)O. The number of nitrogens with one attached hydrogen (secondary N) is 1. The van der Waals surface area contributed by atoms with E-state index in [1.807, 2.05) is 53.6 Å². The summed E-state index contributed by atoms with van der Waals surface area (Å²) >= 11 is 0. The van der Waals surface area contributed by atoms with Gasteiger partial charge in [-0.25, -0.2) is 0 Å². The molecule has 0 bridgehead atoms. The van der Waals surface area contributed by atoms with Gasteiger partial charge in [-0.1, -0.05) is 27.2 Å². The Balaban J connectivity index is 1.79. The molecule has 0 aromatic rings. The van der Waals surface area contributed by atoms with Gasteiger partial charge >= 0.3 is 5.97 Å². The standard InChI is InChI=1S/C43H81N3O12/c1-14-32-42(10,51)36(48)29(6)44-23-25(2)21-40(8,50)37(58-39-34(47)31(45(11)12)20-26(3)54-39)27(4)35(28(5)38(49)56-32)57-33-22-41(9,53-13)43(52,30(7)55-33)24-46-18-16-15-17-19-46/h25-37,39,44,47-48,50-52H,14-24H2,1-13H3/t25-,26-,27+,28-,29-,30+,31+,32-,33+,34-,35+,36-,37-,39+,40-,41-,42-,43-/m1/s1. The molecule has 0 unspecified atom stereocenters. The highest BCUT2D eigenvalue weighted by Crippen LogP contribution is 2.44. The zero-order valence-corrected chi connectivity index (χ0v) is 37.8.